The fourth-order valence-electron chi connectivity index (χ4n) is 3.34. The number of pyridine rings is 1. The van der Waals surface area contributed by atoms with Crippen molar-refractivity contribution in [2.75, 3.05) is 6.54 Å². The first kappa shape index (κ1) is 15.7. The molecule has 0 aliphatic carbocycles. The van der Waals surface area contributed by atoms with Crippen molar-refractivity contribution >= 4 is 11.6 Å². The molecule has 2 atom stereocenters. The molecule has 0 radical (unpaired) electrons. The minimum absolute atomic E-state index is 0.133. The minimum atomic E-state index is -0.969. The van der Waals surface area contributed by atoms with Crippen LogP contribution in [0.15, 0.2) is 48.8 Å². The molecular weight excluding hydrogens is 328 g/mol. The molecule has 2 aromatic heterocycles. The second kappa shape index (κ2) is 5.93. The number of halogens is 2. The number of benzene rings is 1. The highest BCUT2D eigenvalue weighted by molar-refractivity contribution is 5.93. The van der Waals surface area contributed by atoms with E-state index in [1.807, 2.05) is 0 Å². The number of aromatic nitrogens is 2. The number of fused-ring (bicyclic) bond motifs is 1. The topological polar surface area (TPSA) is 57.8 Å². The number of nitrogens with zero attached hydrogens (tertiary/aromatic N) is 3. The Bertz CT molecular complexity index is 956. The number of likely N-dealkylation sites (tertiary alicyclic amines) is 1. The summed E-state index contributed by atoms with van der Waals surface area (Å²) in [5, 5.41) is 10.0. The van der Waals surface area contributed by atoms with Gasteiger partial charge in [0, 0.05) is 18.9 Å². The zero-order valence-corrected chi connectivity index (χ0v) is 13.1. The van der Waals surface area contributed by atoms with Crippen molar-refractivity contribution in [2.45, 2.75) is 18.6 Å². The Morgan fingerprint density at radius 2 is 2.04 bits per heavy atom. The molecule has 1 aromatic carbocycles. The van der Waals surface area contributed by atoms with Crippen molar-refractivity contribution in [3.05, 3.63) is 71.7 Å². The van der Waals surface area contributed by atoms with E-state index in [0.717, 1.165) is 12.1 Å². The maximum Gasteiger partial charge on any atom is 0.271 e. The van der Waals surface area contributed by atoms with Gasteiger partial charge in [-0.25, -0.2) is 13.8 Å². The number of imidazole rings is 1. The van der Waals surface area contributed by atoms with Gasteiger partial charge < -0.3 is 10.0 Å². The average Bonchev–Trinajstić information content (AvgIpc) is 3.22. The fraction of sp³-hybridized carbons (Fsp3) is 0.222. The van der Waals surface area contributed by atoms with Gasteiger partial charge in [0.15, 0.2) is 11.6 Å². The lowest BCUT2D eigenvalue weighted by Gasteiger charge is -2.25. The van der Waals surface area contributed by atoms with Crippen molar-refractivity contribution in [2.24, 2.45) is 0 Å². The molecule has 1 saturated heterocycles. The second-order valence-corrected chi connectivity index (χ2v) is 6.10. The Morgan fingerprint density at radius 1 is 1.20 bits per heavy atom. The normalized spacial score (nSPS) is 20.4. The van der Waals surface area contributed by atoms with E-state index in [1.54, 1.807) is 35.0 Å². The summed E-state index contributed by atoms with van der Waals surface area (Å²) < 4.78 is 28.5. The van der Waals surface area contributed by atoms with E-state index >= 15 is 0 Å². The number of amides is 1. The van der Waals surface area contributed by atoms with Crippen LogP contribution in [0, 0.1) is 11.6 Å². The van der Waals surface area contributed by atoms with E-state index in [2.05, 4.69) is 4.98 Å². The lowest BCUT2D eigenvalue weighted by Crippen LogP contribution is -2.33. The molecular formula is C18H15F2N3O2. The summed E-state index contributed by atoms with van der Waals surface area (Å²) in [4.78, 5) is 18.7. The first-order valence-electron chi connectivity index (χ1n) is 7.90. The van der Waals surface area contributed by atoms with Crippen molar-refractivity contribution in [3.63, 3.8) is 0 Å². The predicted octanol–water partition coefficient (Wildman–Crippen LogP) is 2.56. The number of carbonyl (C=O) groups is 1. The van der Waals surface area contributed by atoms with Gasteiger partial charge in [-0.3, -0.25) is 9.20 Å². The van der Waals surface area contributed by atoms with Crippen LogP contribution in [0.1, 0.15) is 28.5 Å². The average molecular weight is 343 g/mol. The molecule has 0 bridgehead atoms. The molecule has 1 N–H and O–H groups in total. The van der Waals surface area contributed by atoms with Crippen molar-refractivity contribution in [1.82, 2.24) is 14.3 Å². The molecule has 1 amide bonds. The highest BCUT2D eigenvalue weighted by Crippen LogP contribution is 2.34. The van der Waals surface area contributed by atoms with Crippen LogP contribution in [-0.4, -0.2) is 37.9 Å². The molecule has 3 aromatic rings. The fourth-order valence-corrected chi connectivity index (χ4v) is 3.34. The molecule has 0 unspecified atom stereocenters. The summed E-state index contributed by atoms with van der Waals surface area (Å²) in [7, 11) is 0. The molecule has 128 valence electrons. The maximum absolute atomic E-state index is 13.6. The van der Waals surface area contributed by atoms with Crippen LogP contribution in [-0.2, 0) is 0 Å². The molecule has 7 heteroatoms. The predicted molar refractivity (Wildman–Crippen MR) is 86.0 cm³/mol. The van der Waals surface area contributed by atoms with Crippen LogP contribution in [0.2, 0.25) is 0 Å². The molecule has 1 aliphatic heterocycles. The van der Waals surface area contributed by atoms with Crippen molar-refractivity contribution in [1.29, 1.82) is 0 Å². The molecule has 1 aliphatic rings. The Balaban J connectivity index is 1.73. The van der Waals surface area contributed by atoms with E-state index in [1.165, 1.54) is 11.0 Å². The molecule has 0 spiro atoms. The van der Waals surface area contributed by atoms with Gasteiger partial charge in [0.2, 0.25) is 0 Å². The highest BCUT2D eigenvalue weighted by atomic mass is 19.2. The number of hydrogen-bond acceptors (Lipinski definition) is 3. The van der Waals surface area contributed by atoms with E-state index in [9.17, 15) is 18.7 Å². The Morgan fingerprint density at radius 3 is 2.84 bits per heavy atom. The summed E-state index contributed by atoms with van der Waals surface area (Å²) in [6.07, 6.45) is 2.83. The minimum Gasteiger partial charge on any atom is -0.391 e. The summed E-state index contributed by atoms with van der Waals surface area (Å²) in [5.74, 6) is -2.21. The number of aliphatic hydroxyl groups is 1. The quantitative estimate of drug-likeness (QED) is 0.778. The van der Waals surface area contributed by atoms with Crippen LogP contribution < -0.4 is 0 Å². The zero-order chi connectivity index (χ0) is 17.6. The van der Waals surface area contributed by atoms with Gasteiger partial charge in [0.25, 0.3) is 5.91 Å². The second-order valence-electron chi connectivity index (χ2n) is 6.10. The highest BCUT2D eigenvalue weighted by Gasteiger charge is 2.36. The number of hydrogen-bond donors (Lipinski definition) is 1. The van der Waals surface area contributed by atoms with Gasteiger partial charge in [-0.1, -0.05) is 12.1 Å². The lowest BCUT2D eigenvalue weighted by molar-refractivity contribution is 0.0708. The van der Waals surface area contributed by atoms with E-state index < -0.39 is 23.8 Å². The third kappa shape index (κ3) is 2.66. The van der Waals surface area contributed by atoms with E-state index in [0.29, 0.717) is 16.9 Å². The molecule has 0 saturated carbocycles. The third-order valence-electron chi connectivity index (χ3n) is 4.52. The van der Waals surface area contributed by atoms with Crippen LogP contribution >= 0.6 is 0 Å². The van der Waals surface area contributed by atoms with Crippen molar-refractivity contribution in [3.8, 4) is 0 Å². The molecule has 5 nitrogen and oxygen atoms in total. The molecule has 4 rings (SSSR count). The van der Waals surface area contributed by atoms with Gasteiger partial charge in [-0.2, -0.15) is 0 Å². The third-order valence-corrected chi connectivity index (χ3v) is 4.52. The van der Waals surface area contributed by atoms with Crippen LogP contribution in [0.5, 0.6) is 0 Å². The van der Waals surface area contributed by atoms with Crippen LogP contribution in [0.3, 0.4) is 0 Å². The Hall–Kier alpha value is -2.80. The summed E-state index contributed by atoms with van der Waals surface area (Å²) in [6, 6.07) is 8.22. The van der Waals surface area contributed by atoms with E-state index in [-0.39, 0.29) is 18.9 Å². The summed E-state index contributed by atoms with van der Waals surface area (Å²) in [5.41, 5.74) is 1.49. The molecule has 3 heterocycles. The zero-order valence-electron chi connectivity index (χ0n) is 13.1. The summed E-state index contributed by atoms with van der Waals surface area (Å²) >= 11 is 0. The van der Waals surface area contributed by atoms with Gasteiger partial charge in [0.05, 0.1) is 12.1 Å². The number of carbonyl (C=O) groups excluding carboxylic acids is 1. The number of rotatable bonds is 2. The maximum atomic E-state index is 13.6. The largest absolute Gasteiger partial charge is 0.391 e. The SMILES string of the molecule is O=C(c1cccc2nccn12)N1C[C@H](O)C[C@H]1c1ccc(F)c(F)c1. The Labute approximate surface area is 142 Å². The smallest absolute Gasteiger partial charge is 0.271 e. The van der Waals surface area contributed by atoms with Gasteiger partial charge in [-0.15, -0.1) is 0 Å². The first-order valence-corrected chi connectivity index (χ1v) is 7.90. The van der Waals surface area contributed by atoms with E-state index in [4.69, 9.17) is 0 Å². The molecule has 1 fully saturated rings. The lowest BCUT2D eigenvalue weighted by atomic mass is 10.0. The van der Waals surface area contributed by atoms with Gasteiger partial charge in [-0.05, 0) is 36.2 Å². The van der Waals surface area contributed by atoms with Gasteiger partial charge in [0.1, 0.15) is 11.3 Å². The first-order chi connectivity index (χ1) is 12.0. The number of β-amino-alcohol motifs (C(OH)–C–C–N with tert-alkyl or cyclic N) is 1. The number of aliphatic hydroxyl groups excluding tert-OH is 1. The standard InChI is InChI=1S/C18H15F2N3O2/c19-13-5-4-11(8-14(13)20)16-9-12(24)10-23(16)18(25)15-2-1-3-17-21-6-7-22(15)17/h1-8,12,16,24H,9-10H2/t12-,16+/m1/s1. The van der Waals surface area contributed by atoms with Crippen LogP contribution in [0.4, 0.5) is 8.78 Å². The van der Waals surface area contributed by atoms with Crippen molar-refractivity contribution < 1.29 is 18.7 Å². The molecule has 25 heavy (non-hydrogen) atoms. The summed E-state index contributed by atoms with van der Waals surface area (Å²) in [6.45, 7) is 0.133. The van der Waals surface area contributed by atoms with Crippen LogP contribution in [0.25, 0.3) is 5.65 Å². The Kier molecular flexibility index (Phi) is 3.73. The monoisotopic (exact) mass is 343 g/mol. The van der Waals surface area contributed by atoms with Gasteiger partial charge >= 0.3 is 0 Å².